The molecule has 146 valence electrons. The molecule has 1 aromatic rings. The van der Waals surface area contributed by atoms with Crippen molar-refractivity contribution in [1.29, 1.82) is 0 Å². The molecule has 0 N–H and O–H groups in total. The SMILES string of the molecule is CC1(C)CC(=O)C2=C(C1)OC1=C(C(=O)CC(C)(C)C1)C2c1ccc(C=O)cc1. The molecule has 0 radical (unpaired) electrons. The standard InChI is InChI=1S/C24H26O4/c1-23(2)9-16(26)21-18(11-23)28-19-12-24(3,4)10-17(27)22(19)20(21)15-7-5-14(13-25)6-8-15/h5-8,13,20H,9-12H2,1-4H3. The van der Waals surface area contributed by atoms with Crippen molar-refractivity contribution in [2.45, 2.75) is 59.3 Å². The van der Waals surface area contributed by atoms with Gasteiger partial charge in [0.05, 0.1) is 0 Å². The second-order valence-electron chi connectivity index (χ2n) is 9.88. The van der Waals surface area contributed by atoms with Gasteiger partial charge >= 0.3 is 0 Å². The molecule has 0 spiro atoms. The molecule has 0 saturated carbocycles. The zero-order valence-electron chi connectivity index (χ0n) is 16.9. The highest BCUT2D eigenvalue weighted by atomic mass is 16.5. The number of ketones is 2. The van der Waals surface area contributed by atoms with Gasteiger partial charge in [0, 0.05) is 48.3 Å². The van der Waals surface area contributed by atoms with Crippen LogP contribution in [-0.4, -0.2) is 17.9 Å². The van der Waals surface area contributed by atoms with Gasteiger partial charge in [-0.3, -0.25) is 14.4 Å². The average Bonchev–Trinajstić information content (AvgIpc) is 2.57. The minimum atomic E-state index is -0.397. The lowest BCUT2D eigenvalue weighted by Crippen LogP contribution is -2.37. The number of Topliss-reactive ketones (excluding diaryl/α,β-unsaturated/α-hetero) is 2. The summed E-state index contributed by atoms with van der Waals surface area (Å²) in [7, 11) is 0. The number of hydrogen-bond donors (Lipinski definition) is 0. The van der Waals surface area contributed by atoms with Crippen LogP contribution in [0.2, 0.25) is 0 Å². The number of benzene rings is 1. The topological polar surface area (TPSA) is 60.4 Å². The van der Waals surface area contributed by atoms with Gasteiger partial charge in [0.1, 0.15) is 17.8 Å². The van der Waals surface area contributed by atoms with E-state index in [1.54, 1.807) is 12.1 Å². The van der Waals surface area contributed by atoms with Gasteiger partial charge in [-0.15, -0.1) is 0 Å². The maximum Gasteiger partial charge on any atom is 0.163 e. The molecule has 0 atom stereocenters. The molecule has 1 aliphatic heterocycles. The van der Waals surface area contributed by atoms with Crippen LogP contribution >= 0.6 is 0 Å². The Morgan fingerprint density at radius 3 is 1.71 bits per heavy atom. The van der Waals surface area contributed by atoms with E-state index in [0.29, 0.717) is 42.4 Å². The van der Waals surface area contributed by atoms with Crippen molar-refractivity contribution in [1.82, 2.24) is 0 Å². The lowest BCUT2D eigenvalue weighted by atomic mass is 9.65. The maximum absolute atomic E-state index is 13.1. The highest BCUT2D eigenvalue weighted by Crippen LogP contribution is 2.53. The summed E-state index contributed by atoms with van der Waals surface area (Å²) in [6.07, 6.45) is 3.05. The molecule has 3 aliphatic rings. The largest absolute Gasteiger partial charge is 0.465 e. The molecule has 0 unspecified atom stereocenters. The number of carbonyl (C=O) groups excluding carboxylic acids is 3. The first-order chi connectivity index (χ1) is 13.1. The van der Waals surface area contributed by atoms with Crippen LogP contribution in [-0.2, 0) is 14.3 Å². The average molecular weight is 378 g/mol. The van der Waals surface area contributed by atoms with Gasteiger partial charge in [-0.2, -0.15) is 0 Å². The van der Waals surface area contributed by atoms with Crippen molar-refractivity contribution < 1.29 is 19.1 Å². The van der Waals surface area contributed by atoms with Gasteiger partial charge in [-0.25, -0.2) is 0 Å². The Bertz CT molecular complexity index is 889. The first kappa shape index (κ1) is 18.9. The molecule has 2 aliphatic carbocycles. The van der Waals surface area contributed by atoms with Crippen molar-refractivity contribution in [3.63, 3.8) is 0 Å². The Balaban J connectivity index is 1.90. The molecule has 1 aromatic carbocycles. The van der Waals surface area contributed by atoms with Crippen LogP contribution in [0.25, 0.3) is 0 Å². The van der Waals surface area contributed by atoms with Gasteiger partial charge in [-0.05, 0) is 16.4 Å². The van der Waals surface area contributed by atoms with Crippen molar-refractivity contribution in [2.24, 2.45) is 10.8 Å². The molecule has 4 heteroatoms. The predicted molar refractivity (Wildman–Crippen MR) is 106 cm³/mol. The summed E-state index contributed by atoms with van der Waals surface area (Å²) in [4.78, 5) is 37.3. The third-order valence-electron chi connectivity index (χ3n) is 5.99. The van der Waals surface area contributed by atoms with E-state index < -0.39 is 5.92 Å². The molecule has 4 nitrogen and oxygen atoms in total. The van der Waals surface area contributed by atoms with E-state index in [1.807, 2.05) is 12.1 Å². The Labute approximate surface area is 165 Å². The maximum atomic E-state index is 13.1. The monoisotopic (exact) mass is 378 g/mol. The molecule has 4 rings (SSSR count). The van der Waals surface area contributed by atoms with Crippen LogP contribution in [0.5, 0.6) is 0 Å². The summed E-state index contributed by atoms with van der Waals surface area (Å²) in [6, 6.07) is 7.20. The Hall–Kier alpha value is -2.49. The summed E-state index contributed by atoms with van der Waals surface area (Å²) in [6.45, 7) is 8.30. The highest BCUT2D eigenvalue weighted by molar-refractivity contribution is 6.06. The predicted octanol–water partition coefficient (Wildman–Crippen LogP) is 4.90. The van der Waals surface area contributed by atoms with Gasteiger partial charge in [0.15, 0.2) is 11.6 Å². The van der Waals surface area contributed by atoms with Crippen molar-refractivity contribution in [2.75, 3.05) is 0 Å². The third kappa shape index (κ3) is 3.15. The number of aldehydes is 1. The second-order valence-corrected chi connectivity index (χ2v) is 9.88. The van der Waals surface area contributed by atoms with E-state index >= 15 is 0 Å². The van der Waals surface area contributed by atoms with E-state index in [1.165, 1.54) is 0 Å². The van der Waals surface area contributed by atoms with E-state index in [9.17, 15) is 14.4 Å². The number of allylic oxidation sites excluding steroid dienone is 4. The minimum Gasteiger partial charge on any atom is -0.465 e. The zero-order valence-corrected chi connectivity index (χ0v) is 16.9. The van der Waals surface area contributed by atoms with E-state index in [0.717, 1.165) is 23.4 Å². The summed E-state index contributed by atoms with van der Waals surface area (Å²) >= 11 is 0. The molecular formula is C24H26O4. The van der Waals surface area contributed by atoms with Crippen molar-refractivity contribution in [3.05, 3.63) is 58.1 Å². The molecule has 28 heavy (non-hydrogen) atoms. The number of hydrogen-bond acceptors (Lipinski definition) is 4. The smallest absolute Gasteiger partial charge is 0.163 e. The van der Waals surface area contributed by atoms with Crippen LogP contribution < -0.4 is 0 Å². The van der Waals surface area contributed by atoms with Gasteiger partial charge < -0.3 is 4.74 Å². The number of rotatable bonds is 2. The van der Waals surface area contributed by atoms with E-state index in [4.69, 9.17) is 4.74 Å². The second kappa shape index (κ2) is 6.26. The molecular weight excluding hydrogens is 352 g/mol. The number of ether oxygens (including phenoxy) is 1. The Morgan fingerprint density at radius 2 is 1.29 bits per heavy atom. The normalized spacial score (nSPS) is 23.9. The highest BCUT2D eigenvalue weighted by Gasteiger charge is 2.47. The third-order valence-corrected chi connectivity index (χ3v) is 5.99. The molecule has 0 aromatic heterocycles. The first-order valence-electron chi connectivity index (χ1n) is 9.86. The van der Waals surface area contributed by atoms with E-state index in [-0.39, 0.29) is 22.4 Å². The van der Waals surface area contributed by atoms with E-state index in [2.05, 4.69) is 27.7 Å². The fraction of sp³-hybridized carbons (Fsp3) is 0.458. The lowest BCUT2D eigenvalue weighted by Gasteiger charge is -2.42. The Morgan fingerprint density at radius 1 is 0.821 bits per heavy atom. The fourth-order valence-corrected chi connectivity index (χ4v) is 4.77. The fourth-order valence-electron chi connectivity index (χ4n) is 4.77. The first-order valence-corrected chi connectivity index (χ1v) is 9.86. The molecule has 0 bridgehead atoms. The van der Waals surface area contributed by atoms with Crippen molar-refractivity contribution >= 4 is 17.9 Å². The van der Waals surface area contributed by atoms with Gasteiger partial charge in [0.25, 0.3) is 0 Å². The van der Waals surface area contributed by atoms with Crippen LogP contribution in [0.15, 0.2) is 46.9 Å². The Kier molecular flexibility index (Phi) is 4.22. The molecule has 0 saturated heterocycles. The van der Waals surface area contributed by atoms with Gasteiger partial charge in [-0.1, -0.05) is 52.0 Å². The minimum absolute atomic E-state index is 0.0555. The van der Waals surface area contributed by atoms with Crippen LogP contribution in [0.1, 0.15) is 75.2 Å². The summed E-state index contributed by atoms with van der Waals surface area (Å²) in [5.74, 6) is 1.15. The summed E-state index contributed by atoms with van der Waals surface area (Å²) < 4.78 is 6.26. The number of carbonyl (C=O) groups is 3. The zero-order chi connectivity index (χ0) is 20.3. The molecule has 0 fully saturated rings. The van der Waals surface area contributed by atoms with Crippen LogP contribution in [0.3, 0.4) is 0 Å². The van der Waals surface area contributed by atoms with Crippen LogP contribution in [0, 0.1) is 10.8 Å². The molecule has 0 amide bonds. The summed E-state index contributed by atoms with van der Waals surface area (Å²) in [5.41, 5.74) is 2.39. The van der Waals surface area contributed by atoms with Crippen molar-refractivity contribution in [3.8, 4) is 0 Å². The van der Waals surface area contributed by atoms with Crippen LogP contribution in [0.4, 0.5) is 0 Å². The molecule has 1 heterocycles. The quantitative estimate of drug-likeness (QED) is 0.687. The van der Waals surface area contributed by atoms with Gasteiger partial charge in [0.2, 0.25) is 0 Å². The summed E-state index contributed by atoms with van der Waals surface area (Å²) in [5, 5.41) is 0. The lowest BCUT2D eigenvalue weighted by molar-refractivity contribution is -0.120.